The van der Waals surface area contributed by atoms with Gasteiger partial charge in [0.2, 0.25) is 0 Å². The van der Waals surface area contributed by atoms with E-state index in [0.29, 0.717) is 0 Å². The maximum Gasteiger partial charge on any atom is 0.163 e. The van der Waals surface area contributed by atoms with Crippen molar-refractivity contribution in [3.8, 4) is 0 Å². The van der Waals surface area contributed by atoms with Crippen LogP contribution in [0.25, 0.3) is 0 Å². The van der Waals surface area contributed by atoms with E-state index in [0.717, 1.165) is 0 Å². The molecule has 0 saturated carbocycles. The van der Waals surface area contributed by atoms with E-state index in [1.165, 1.54) is 0 Å². The van der Waals surface area contributed by atoms with Crippen LogP contribution in [-0.2, 0) is 9.47 Å². The third-order valence-electron chi connectivity index (χ3n) is 1.00. The SMILES string of the molecule is [2H]C1([2H])O[C@]2([2H])OC([2H])([2H])[C@@]([2H])(O)[C@]2([2H])C1([2H])[2H]. The van der Waals surface area contributed by atoms with Crippen molar-refractivity contribution in [3.05, 3.63) is 0 Å². The summed E-state index contributed by atoms with van der Waals surface area (Å²) in [4.78, 5) is 0. The minimum Gasteiger partial charge on any atom is -0.390 e. The molecule has 9 heavy (non-hydrogen) atoms. The number of rotatable bonds is 0. The minimum atomic E-state index is -3.52. The molecule has 3 nitrogen and oxygen atoms in total. The van der Waals surface area contributed by atoms with Crippen molar-refractivity contribution >= 4 is 0 Å². The molecule has 0 radical (unpaired) electrons. The van der Waals surface area contributed by atoms with Gasteiger partial charge in [-0.3, -0.25) is 0 Å². The van der Waals surface area contributed by atoms with Gasteiger partial charge in [-0.25, -0.2) is 0 Å². The first-order valence-corrected chi connectivity index (χ1v) is 2.29. The molecule has 2 aliphatic rings. The number of aliphatic hydroxyl groups is 1. The summed E-state index contributed by atoms with van der Waals surface area (Å²) in [5.41, 5.74) is 0. The average molecular weight is 139 g/mol. The highest BCUT2D eigenvalue weighted by molar-refractivity contribution is 4.81. The molecule has 0 amide bonds. The number of hydrogen-bond donors (Lipinski definition) is 1. The molecule has 0 aliphatic carbocycles. The predicted molar refractivity (Wildman–Crippen MR) is 29.8 cm³/mol. The van der Waals surface area contributed by atoms with E-state index in [1.54, 1.807) is 0 Å². The molecule has 0 unspecified atom stereocenters. The predicted octanol–water partition coefficient (Wildman–Crippen LogP) is -0.260. The zero-order chi connectivity index (χ0) is 14.4. The maximum absolute atomic E-state index is 9.76. The van der Waals surface area contributed by atoms with E-state index in [1.807, 2.05) is 0 Å². The van der Waals surface area contributed by atoms with Crippen molar-refractivity contribution in [2.24, 2.45) is 5.89 Å². The molecule has 0 spiro atoms. The first-order chi connectivity index (χ1) is 7.66. The second-order valence-electron chi connectivity index (χ2n) is 1.54. The van der Waals surface area contributed by atoms with Crippen molar-refractivity contribution in [1.82, 2.24) is 0 Å². The van der Waals surface area contributed by atoms with Gasteiger partial charge in [-0.1, -0.05) is 0 Å². The molecule has 2 saturated heterocycles. The zero-order valence-electron chi connectivity index (χ0n) is 13.3. The Morgan fingerprint density at radius 2 is 2.56 bits per heavy atom. The molecule has 3 atom stereocenters. The summed E-state index contributed by atoms with van der Waals surface area (Å²) in [6, 6.07) is 0. The van der Waals surface area contributed by atoms with Crippen LogP contribution in [0.4, 0.5) is 0 Å². The van der Waals surface area contributed by atoms with Crippen LogP contribution in [0.2, 0.25) is 0 Å². The van der Waals surface area contributed by atoms with Gasteiger partial charge < -0.3 is 14.6 Å². The van der Waals surface area contributed by atoms with Crippen molar-refractivity contribution < 1.29 is 26.9 Å². The molecule has 52 valence electrons. The molecule has 0 aromatic carbocycles. The summed E-state index contributed by atoms with van der Waals surface area (Å²) >= 11 is 0. The Kier molecular flexibility index (Phi) is 0.333. The molecule has 2 aliphatic heterocycles. The second kappa shape index (κ2) is 1.94. The van der Waals surface area contributed by atoms with Gasteiger partial charge in [0, 0.05) is 10.0 Å². The van der Waals surface area contributed by atoms with Gasteiger partial charge in [0.15, 0.2) is 6.27 Å². The van der Waals surface area contributed by atoms with E-state index < -0.39 is 37.7 Å². The van der Waals surface area contributed by atoms with Crippen molar-refractivity contribution in [2.45, 2.75) is 18.7 Å². The summed E-state index contributed by atoms with van der Waals surface area (Å²) in [6.07, 6.45) is -10.0. The molecule has 2 heterocycles. The van der Waals surface area contributed by atoms with Crippen LogP contribution in [0.5, 0.6) is 0 Å². The van der Waals surface area contributed by atoms with Gasteiger partial charge >= 0.3 is 0 Å². The van der Waals surface area contributed by atoms with E-state index in [-0.39, 0.29) is 0 Å². The fourth-order valence-electron chi connectivity index (χ4n) is 0.598. The number of fused-ring (bicyclic) bond motifs is 1. The number of ether oxygens (including phenoxy) is 2. The standard InChI is InChI=1S/C6H10O3/c7-5-3-9-6-4(5)1-2-8-6/h4-7H,1-3H2/t4-,5+,6+/m0/s1/i1D2,2D2,3D2,4D,5D,6D. The van der Waals surface area contributed by atoms with Crippen LogP contribution in [0.15, 0.2) is 0 Å². The van der Waals surface area contributed by atoms with Crippen LogP contribution in [0.3, 0.4) is 0 Å². The lowest BCUT2D eigenvalue weighted by Crippen LogP contribution is -2.18. The molecule has 0 aromatic heterocycles. The first-order valence-electron chi connectivity index (χ1n) is 6.79. The Hall–Kier alpha value is -0.120. The molecule has 0 aromatic rings. The van der Waals surface area contributed by atoms with Crippen molar-refractivity contribution in [2.75, 3.05) is 13.1 Å². The first kappa shape index (κ1) is 1.55. The van der Waals surface area contributed by atoms with Gasteiger partial charge in [0.05, 0.1) is 27.4 Å². The molecular formula is C6H10O3. The third kappa shape index (κ3) is 0.764. The molecule has 0 bridgehead atoms. The van der Waals surface area contributed by atoms with Gasteiger partial charge in [-0.2, -0.15) is 0 Å². The topological polar surface area (TPSA) is 38.7 Å². The highest BCUT2D eigenvalue weighted by Crippen LogP contribution is 2.30. The Labute approximate surface area is 66.2 Å². The van der Waals surface area contributed by atoms with Gasteiger partial charge in [-0.05, 0) is 6.37 Å². The van der Waals surface area contributed by atoms with Gasteiger partial charge in [-0.15, -0.1) is 0 Å². The Morgan fingerprint density at radius 1 is 1.67 bits per heavy atom. The summed E-state index contributed by atoms with van der Waals surface area (Å²) < 4.78 is 75.5. The molecule has 1 N–H and O–H groups in total. The van der Waals surface area contributed by atoms with E-state index in [2.05, 4.69) is 9.47 Å². The smallest absolute Gasteiger partial charge is 0.163 e. The zero-order valence-corrected chi connectivity index (χ0v) is 4.26. The lowest BCUT2D eigenvalue weighted by Gasteiger charge is -2.06. The average Bonchev–Trinajstić information content (AvgIpc) is 2.27. The van der Waals surface area contributed by atoms with Crippen LogP contribution >= 0.6 is 0 Å². The fourth-order valence-corrected chi connectivity index (χ4v) is 0.598. The van der Waals surface area contributed by atoms with Crippen molar-refractivity contribution in [3.63, 3.8) is 0 Å². The van der Waals surface area contributed by atoms with Crippen LogP contribution in [0.1, 0.15) is 18.7 Å². The monoisotopic (exact) mass is 139 g/mol. The molecule has 2 rings (SSSR count). The van der Waals surface area contributed by atoms with E-state index in [4.69, 9.17) is 12.3 Å². The Balaban J connectivity index is 2.72. The molecule has 2 fully saturated rings. The lowest BCUT2D eigenvalue weighted by molar-refractivity contribution is -0.0907. The van der Waals surface area contributed by atoms with Crippen LogP contribution in [-0.4, -0.2) is 30.6 Å². The van der Waals surface area contributed by atoms with Gasteiger partial charge in [0.25, 0.3) is 0 Å². The maximum atomic E-state index is 9.76. The van der Waals surface area contributed by atoms with E-state index >= 15 is 0 Å². The third-order valence-corrected chi connectivity index (χ3v) is 1.00. The normalized spacial score (nSPS) is 106. The highest BCUT2D eigenvalue weighted by atomic mass is 16.7. The quantitative estimate of drug-likeness (QED) is 0.502. The van der Waals surface area contributed by atoms with Crippen LogP contribution in [0, 0.1) is 5.89 Å². The molecule has 3 heteroatoms. The lowest BCUT2D eigenvalue weighted by atomic mass is 10.0. The minimum absolute atomic E-state index is 3.17. The molecular weight excluding hydrogens is 120 g/mol. The Morgan fingerprint density at radius 3 is 3.33 bits per heavy atom. The Bertz CT molecular complexity index is 375. The fraction of sp³-hybridized carbons (Fsp3) is 1.00. The van der Waals surface area contributed by atoms with Gasteiger partial charge in [0.1, 0.15) is 0 Å². The second-order valence-corrected chi connectivity index (χ2v) is 1.54. The van der Waals surface area contributed by atoms with Crippen molar-refractivity contribution in [1.29, 1.82) is 0 Å². The summed E-state index contributed by atoms with van der Waals surface area (Å²) in [5, 5.41) is 9.76. The summed E-state index contributed by atoms with van der Waals surface area (Å²) in [5.74, 6) is -3.32. The number of hydrogen-bond acceptors (Lipinski definition) is 3. The largest absolute Gasteiger partial charge is 0.390 e. The van der Waals surface area contributed by atoms with Crippen LogP contribution < -0.4 is 0 Å². The highest BCUT2D eigenvalue weighted by Gasteiger charge is 2.40. The van der Waals surface area contributed by atoms with E-state index in [9.17, 15) is 5.11 Å². The summed E-state index contributed by atoms with van der Waals surface area (Å²) in [7, 11) is 0. The summed E-state index contributed by atoms with van der Waals surface area (Å²) in [6.45, 7) is -6.43.